The molecule has 2 heterocycles. The van der Waals surface area contributed by atoms with Crippen LogP contribution in [0.2, 0.25) is 10.2 Å². The number of nitrogens with zero attached hydrogens (tertiary/aromatic N) is 2. The highest BCUT2D eigenvalue weighted by Crippen LogP contribution is 2.31. The van der Waals surface area contributed by atoms with E-state index in [0.29, 0.717) is 44.3 Å². The van der Waals surface area contributed by atoms with Crippen molar-refractivity contribution in [3.63, 3.8) is 0 Å². The van der Waals surface area contributed by atoms with Gasteiger partial charge in [0.1, 0.15) is 27.0 Å². The lowest BCUT2D eigenvalue weighted by molar-refractivity contribution is 0.236. The Morgan fingerprint density at radius 2 is 1.92 bits per heavy atom. The van der Waals surface area contributed by atoms with Gasteiger partial charge >= 0.3 is 6.03 Å². The van der Waals surface area contributed by atoms with Gasteiger partial charge < -0.3 is 26.1 Å². The molecule has 9 nitrogen and oxygen atoms in total. The zero-order chi connectivity index (χ0) is 27.4. The summed E-state index contributed by atoms with van der Waals surface area (Å²) in [5.41, 5.74) is 9.81. The molecule has 2 aromatic heterocycles. The minimum atomic E-state index is -0.491. The maximum atomic E-state index is 13.1. The van der Waals surface area contributed by atoms with Gasteiger partial charge in [-0.25, -0.2) is 9.78 Å². The van der Waals surface area contributed by atoms with Crippen molar-refractivity contribution in [2.75, 3.05) is 10.3 Å². The Labute approximate surface area is 248 Å². The van der Waals surface area contributed by atoms with Gasteiger partial charge in [-0.2, -0.15) is 5.10 Å². The first-order valence-electron chi connectivity index (χ1n) is 12.0. The molecule has 200 valence electrons. The molecule has 0 saturated carbocycles. The van der Waals surface area contributed by atoms with E-state index in [4.69, 9.17) is 38.7 Å². The Bertz CT molecular complexity index is 1610. The lowest BCUT2D eigenvalue weighted by Crippen LogP contribution is -2.38. The van der Waals surface area contributed by atoms with Crippen molar-refractivity contribution in [1.82, 2.24) is 30.8 Å². The molecule has 0 spiro atoms. The minimum Gasteiger partial charge on any atom is -0.483 e. The van der Waals surface area contributed by atoms with Crippen molar-refractivity contribution in [1.29, 1.82) is 0 Å². The number of rotatable bonds is 9. The van der Waals surface area contributed by atoms with Crippen LogP contribution in [-0.2, 0) is 13.0 Å². The summed E-state index contributed by atoms with van der Waals surface area (Å²) in [4.78, 5) is 21.0. The Balaban J connectivity index is 1.38. The number of urea groups is 1. The van der Waals surface area contributed by atoms with Crippen LogP contribution < -0.4 is 21.1 Å². The summed E-state index contributed by atoms with van der Waals surface area (Å²) < 4.78 is 6.13. The van der Waals surface area contributed by atoms with Crippen LogP contribution in [0, 0.1) is 0 Å². The van der Waals surface area contributed by atoms with Crippen LogP contribution in [0.15, 0.2) is 66.7 Å². The molecule has 12 heteroatoms. The number of hydrogen-bond donors (Lipinski definition) is 5. The number of anilines is 1. The van der Waals surface area contributed by atoms with E-state index in [1.54, 1.807) is 18.2 Å². The van der Waals surface area contributed by atoms with E-state index in [1.807, 2.05) is 48.5 Å². The number of halogens is 3. The number of alkyl halides is 1. The van der Waals surface area contributed by atoms with E-state index in [-0.39, 0.29) is 12.6 Å². The summed E-state index contributed by atoms with van der Waals surface area (Å²) in [6, 6.07) is 19.9. The topological polar surface area (TPSA) is 134 Å². The quantitative estimate of drug-likeness (QED) is 0.0911. The van der Waals surface area contributed by atoms with E-state index in [0.717, 1.165) is 27.6 Å². The molecule has 3 aromatic carbocycles. The highest BCUT2D eigenvalue weighted by Gasteiger charge is 2.22. The molecule has 6 N–H and O–H groups in total. The number of nitrogens with two attached hydrogens (primary N) is 1. The third kappa shape index (κ3) is 6.40. The molecule has 5 aromatic rings. The maximum absolute atomic E-state index is 13.1. The summed E-state index contributed by atoms with van der Waals surface area (Å²) in [5.74, 6) is 1.61. The Kier molecular flexibility index (Phi) is 8.44. The van der Waals surface area contributed by atoms with Crippen molar-refractivity contribution in [2.24, 2.45) is 0 Å². The van der Waals surface area contributed by atoms with Crippen molar-refractivity contribution >= 4 is 68.5 Å². The molecule has 0 saturated heterocycles. The molecule has 0 fully saturated rings. The van der Waals surface area contributed by atoms with Gasteiger partial charge in [0.05, 0.1) is 11.6 Å². The van der Waals surface area contributed by atoms with Crippen LogP contribution >= 0.6 is 45.8 Å². The predicted octanol–water partition coefficient (Wildman–Crippen LogP) is 6.40. The molecular weight excluding hydrogens is 652 g/mol. The number of ether oxygens (including phenoxy) is 1. The maximum Gasteiger partial charge on any atom is 0.315 e. The number of H-pyrrole nitrogens is 2. The van der Waals surface area contributed by atoms with Gasteiger partial charge in [-0.3, -0.25) is 5.10 Å². The second-order valence-electron chi connectivity index (χ2n) is 8.73. The average Bonchev–Trinajstić information content (AvgIpc) is 3.51. The number of imidazole rings is 1. The first-order valence-corrected chi connectivity index (χ1v) is 14.2. The van der Waals surface area contributed by atoms with E-state index < -0.39 is 6.04 Å². The standard InChI is InChI=1S/C27H24Cl2IN7O2/c28-18-7-9-22(39-14-30)17(11-18)13-32-27(38)33-21(10-15-4-2-1-3-5-15)26-34-23(24(29)35-26)16-6-8-19-20(12-16)36-37-25(19)31/h1-9,11-12,21H,10,13-14H2,(H,34,35)(H3,31,36,37)(H2,32,33,38)/t21-/m0/s1. The summed E-state index contributed by atoms with van der Waals surface area (Å²) in [6.07, 6.45) is 0.494. The van der Waals surface area contributed by atoms with E-state index >= 15 is 0 Å². The van der Waals surface area contributed by atoms with Crippen LogP contribution in [0.5, 0.6) is 5.75 Å². The smallest absolute Gasteiger partial charge is 0.315 e. The molecule has 0 aliphatic heterocycles. The monoisotopic (exact) mass is 675 g/mol. The number of carbonyl (C=O) groups is 1. The Morgan fingerprint density at radius 3 is 2.72 bits per heavy atom. The molecule has 0 aliphatic rings. The zero-order valence-electron chi connectivity index (χ0n) is 20.5. The van der Waals surface area contributed by atoms with Gasteiger partial charge in [-0.1, -0.05) is 59.6 Å². The largest absolute Gasteiger partial charge is 0.483 e. The molecule has 5 rings (SSSR count). The highest BCUT2D eigenvalue weighted by atomic mass is 127. The van der Waals surface area contributed by atoms with Gasteiger partial charge in [0.25, 0.3) is 0 Å². The second kappa shape index (κ2) is 12.1. The fourth-order valence-electron chi connectivity index (χ4n) is 4.25. The average molecular weight is 676 g/mol. The number of nitrogens with one attached hydrogen (secondary N) is 4. The molecule has 1 atom stereocenters. The number of carbonyl (C=O) groups excluding carboxylic acids is 1. The second-order valence-corrected chi connectivity index (χ2v) is 10.2. The van der Waals surface area contributed by atoms with Crippen molar-refractivity contribution in [2.45, 2.75) is 19.0 Å². The Hall–Kier alpha value is -3.48. The fourth-order valence-corrected chi connectivity index (χ4v) is 5.03. The number of benzene rings is 3. The first-order chi connectivity index (χ1) is 18.9. The summed E-state index contributed by atoms with van der Waals surface area (Å²) >= 11 is 14.9. The van der Waals surface area contributed by atoms with Crippen molar-refractivity contribution in [3.8, 4) is 17.0 Å². The van der Waals surface area contributed by atoms with Crippen molar-refractivity contribution in [3.05, 3.63) is 93.9 Å². The molecule has 0 unspecified atom stereocenters. The van der Waals surface area contributed by atoms with Gasteiger partial charge in [-0.05, 0) is 64.9 Å². The SMILES string of the molecule is Nc1n[nH]c2cc(-c3nc([C@H](Cc4ccccc4)NC(=O)NCc4cc(Cl)ccc4OCI)[nH]c3Cl)ccc12. The number of fused-ring (bicyclic) bond motifs is 1. The van der Waals surface area contributed by atoms with Gasteiger partial charge in [-0.15, -0.1) is 0 Å². The number of nitrogen functional groups attached to an aromatic ring is 1. The molecule has 2 amide bonds. The molecule has 0 aliphatic carbocycles. The highest BCUT2D eigenvalue weighted by molar-refractivity contribution is 14.1. The van der Waals surface area contributed by atoms with Crippen LogP contribution in [0.4, 0.5) is 10.6 Å². The summed E-state index contributed by atoms with van der Waals surface area (Å²) in [5, 5.41) is 14.6. The summed E-state index contributed by atoms with van der Waals surface area (Å²) in [7, 11) is 0. The third-order valence-corrected chi connectivity index (χ3v) is 6.95. The molecule has 0 bridgehead atoms. The molecule has 39 heavy (non-hydrogen) atoms. The number of hydrogen-bond acceptors (Lipinski definition) is 5. The lowest BCUT2D eigenvalue weighted by atomic mass is 10.1. The number of amides is 2. The van der Waals surface area contributed by atoms with Gasteiger partial charge in [0.2, 0.25) is 0 Å². The third-order valence-electron chi connectivity index (χ3n) is 6.13. The van der Waals surface area contributed by atoms with Gasteiger partial charge in [0, 0.05) is 28.1 Å². The normalized spacial score (nSPS) is 11.9. The van der Waals surface area contributed by atoms with E-state index in [1.165, 1.54) is 0 Å². The first kappa shape index (κ1) is 27.1. The molecule has 0 radical (unpaired) electrons. The van der Waals surface area contributed by atoms with Crippen LogP contribution in [0.1, 0.15) is 23.0 Å². The Morgan fingerprint density at radius 1 is 1.10 bits per heavy atom. The fraction of sp³-hybridized carbons (Fsp3) is 0.148. The minimum absolute atomic E-state index is 0.230. The molecular formula is C27H24Cl2IN7O2. The van der Waals surface area contributed by atoms with Crippen LogP contribution in [-0.4, -0.2) is 30.8 Å². The summed E-state index contributed by atoms with van der Waals surface area (Å²) in [6.45, 7) is 0.230. The number of aromatic amines is 2. The van der Waals surface area contributed by atoms with E-state index in [9.17, 15) is 4.79 Å². The van der Waals surface area contributed by atoms with Crippen LogP contribution in [0.25, 0.3) is 22.2 Å². The van der Waals surface area contributed by atoms with Crippen LogP contribution in [0.3, 0.4) is 0 Å². The number of aromatic nitrogens is 4. The van der Waals surface area contributed by atoms with E-state index in [2.05, 4.69) is 48.4 Å². The zero-order valence-corrected chi connectivity index (χ0v) is 24.1. The van der Waals surface area contributed by atoms with Crippen molar-refractivity contribution < 1.29 is 9.53 Å². The lowest BCUT2D eigenvalue weighted by Gasteiger charge is -2.18. The predicted molar refractivity (Wildman–Crippen MR) is 162 cm³/mol. The van der Waals surface area contributed by atoms with Gasteiger partial charge in [0.15, 0.2) is 5.82 Å².